The van der Waals surface area contributed by atoms with Crippen molar-refractivity contribution < 1.29 is 10.2 Å². The monoisotopic (exact) mass is 212 g/mol. The number of benzene rings is 2. The van der Waals surface area contributed by atoms with Crippen LogP contribution >= 0.6 is 0 Å². The molecule has 0 atom stereocenters. The van der Waals surface area contributed by atoms with E-state index in [-0.39, 0.29) is 5.75 Å². The molecule has 0 spiro atoms. The number of phenolic OH excluding ortho intramolecular Hbond substituents is 2. The number of phenols is 2. The maximum Gasteiger partial charge on any atom is 0.123 e. The normalized spacial score (nSPS) is 13.0. The molecule has 16 heavy (non-hydrogen) atoms. The van der Waals surface area contributed by atoms with E-state index in [0.29, 0.717) is 5.75 Å². The largest absolute Gasteiger partial charge is 0.508 e. The second-order valence-corrected chi connectivity index (χ2v) is 4.15. The van der Waals surface area contributed by atoms with Crippen LogP contribution < -0.4 is 0 Å². The van der Waals surface area contributed by atoms with Crippen molar-refractivity contribution in [3.05, 3.63) is 47.5 Å². The third kappa shape index (κ3) is 1.27. The molecule has 0 saturated carbocycles. The highest BCUT2D eigenvalue weighted by atomic mass is 16.3. The number of fused-ring (bicyclic) bond motifs is 3. The van der Waals surface area contributed by atoms with E-state index in [1.54, 1.807) is 18.2 Å². The Balaban J connectivity index is 2.30. The molecule has 80 valence electrons. The van der Waals surface area contributed by atoms with E-state index < -0.39 is 0 Å². The Labute approximate surface area is 93.8 Å². The molecule has 0 aromatic heterocycles. The molecule has 0 bridgehead atoms. The van der Waals surface area contributed by atoms with Gasteiger partial charge in [-0.15, -0.1) is 0 Å². The van der Waals surface area contributed by atoms with E-state index in [1.807, 2.05) is 18.2 Å². The summed E-state index contributed by atoms with van der Waals surface area (Å²) < 4.78 is 0. The number of aryl methyl sites for hydroxylation is 2. The van der Waals surface area contributed by atoms with E-state index in [1.165, 1.54) is 5.56 Å². The molecule has 1 aliphatic carbocycles. The van der Waals surface area contributed by atoms with Gasteiger partial charge in [-0.2, -0.15) is 0 Å². The first kappa shape index (κ1) is 9.28. The van der Waals surface area contributed by atoms with Gasteiger partial charge in [0.05, 0.1) is 0 Å². The zero-order chi connectivity index (χ0) is 11.1. The summed E-state index contributed by atoms with van der Waals surface area (Å²) in [7, 11) is 0. The van der Waals surface area contributed by atoms with E-state index in [9.17, 15) is 10.2 Å². The Morgan fingerprint density at radius 3 is 2.56 bits per heavy atom. The minimum Gasteiger partial charge on any atom is -0.508 e. The molecule has 0 saturated heterocycles. The van der Waals surface area contributed by atoms with Gasteiger partial charge in [0, 0.05) is 5.56 Å². The highest BCUT2D eigenvalue weighted by molar-refractivity contribution is 5.78. The van der Waals surface area contributed by atoms with Crippen LogP contribution in [0.3, 0.4) is 0 Å². The summed E-state index contributed by atoms with van der Waals surface area (Å²) in [5, 5.41) is 19.4. The fourth-order valence-electron chi connectivity index (χ4n) is 2.41. The minimum absolute atomic E-state index is 0.289. The molecule has 0 fully saturated rings. The smallest absolute Gasteiger partial charge is 0.123 e. The molecular weight excluding hydrogens is 200 g/mol. The van der Waals surface area contributed by atoms with Crippen molar-refractivity contribution in [2.75, 3.05) is 0 Å². The first-order chi connectivity index (χ1) is 7.75. The van der Waals surface area contributed by atoms with Gasteiger partial charge in [0.1, 0.15) is 11.5 Å². The summed E-state index contributed by atoms with van der Waals surface area (Å²) in [6.07, 6.45) is 1.83. The van der Waals surface area contributed by atoms with Crippen LogP contribution in [-0.2, 0) is 12.8 Å². The highest BCUT2D eigenvalue weighted by Crippen LogP contribution is 2.40. The van der Waals surface area contributed by atoms with Crippen molar-refractivity contribution in [3.8, 4) is 22.6 Å². The zero-order valence-electron chi connectivity index (χ0n) is 8.77. The lowest BCUT2D eigenvalue weighted by Crippen LogP contribution is -2.03. The van der Waals surface area contributed by atoms with Gasteiger partial charge in [-0.05, 0) is 47.7 Å². The van der Waals surface area contributed by atoms with Crippen LogP contribution in [0.4, 0.5) is 0 Å². The second-order valence-electron chi connectivity index (χ2n) is 4.15. The van der Waals surface area contributed by atoms with Gasteiger partial charge >= 0.3 is 0 Å². The van der Waals surface area contributed by atoms with Crippen LogP contribution in [0.2, 0.25) is 0 Å². The number of hydrogen-bond acceptors (Lipinski definition) is 2. The Bertz CT molecular complexity index is 559. The van der Waals surface area contributed by atoms with E-state index in [0.717, 1.165) is 29.5 Å². The summed E-state index contributed by atoms with van der Waals surface area (Å²) in [6.45, 7) is 0. The lowest BCUT2D eigenvalue weighted by Gasteiger charge is -2.20. The average Bonchev–Trinajstić information content (AvgIpc) is 2.29. The maximum absolute atomic E-state index is 9.91. The van der Waals surface area contributed by atoms with Crippen molar-refractivity contribution in [3.63, 3.8) is 0 Å². The molecule has 0 unspecified atom stereocenters. The van der Waals surface area contributed by atoms with Crippen molar-refractivity contribution in [1.82, 2.24) is 0 Å². The van der Waals surface area contributed by atoms with E-state index in [4.69, 9.17) is 0 Å². The van der Waals surface area contributed by atoms with E-state index in [2.05, 4.69) is 0 Å². The first-order valence-electron chi connectivity index (χ1n) is 5.39. The van der Waals surface area contributed by atoms with Gasteiger partial charge in [0.25, 0.3) is 0 Å². The van der Waals surface area contributed by atoms with Crippen LogP contribution in [0.5, 0.6) is 11.5 Å². The first-order valence-corrected chi connectivity index (χ1v) is 5.39. The molecular formula is C14H12O2. The third-order valence-electron chi connectivity index (χ3n) is 3.15. The van der Waals surface area contributed by atoms with Crippen molar-refractivity contribution in [2.45, 2.75) is 12.8 Å². The molecule has 3 rings (SSSR count). The zero-order valence-corrected chi connectivity index (χ0v) is 8.77. The third-order valence-corrected chi connectivity index (χ3v) is 3.15. The summed E-state index contributed by atoms with van der Waals surface area (Å²) in [5.74, 6) is 0.613. The standard InChI is InChI=1S/C14H12O2/c15-11-6-7-12-10(8-11)5-4-9-2-1-3-13(16)14(9)12/h1-3,6-8,15-16H,4-5H2. The van der Waals surface area contributed by atoms with Crippen molar-refractivity contribution in [2.24, 2.45) is 0 Å². The predicted octanol–water partition coefficient (Wildman–Crippen LogP) is 2.86. The quantitative estimate of drug-likeness (QED) is 0.705. The SMILES string of the molecule is Oc1ccc2c(c1)CCc1cccc(O)c1-2. The van der Waals surface area contributed by atoms with Gasteiger partial charge in [0.2, 0.25) is 0 Å². The second kappa shape index (κ2) is 3.27. The molecule has 0 heterocycles. The molecule has 0 aliphatic heterocycles. The number of rotatable bonds is 0. The summed E-state index contributed by atoms with van der Waals surface area (Å²) in [5.41, 5.74) is 4.24. The maximum atomic E-state index is 9.91. The van der Waals surface area contributed by atoms with Crippen LogP contribution in [0, 0.1) is 0 Å². The van der Waals surface area contributed by atoms with Crippen LogP contribution in [0.15, 0.2) is 36.4 Å². The molecule has 0 amide bonds. The predicted molar refractivity (Wildman–Crippen MR) is 62.6 cm³/mol. The number of aromatic hydroxyl groups is 2. The molecule has 1 aliphatic rings. The van der Waals surface area contributed by atoms with Crippen LogP contribution in [0.1, 0.15) is 11.1 Å². The molecule has 2 heteroatoms. The lowest BCUT2D eigenvalue weighted by molar-refractivity contribution is 0.472. The van der Waals surface area contributed by atoms with Crippen LogP contribution in [-0.4, -0.2) is 10.2 Å². The molecule has 2 aromatic rings. The molecule has 0 radical (unpaired) electrons. The Morgan fingerprint density at radius 2 is 1.69 bits per heavy atom. The molecule has 2 nitrogen and oxygen atoms in total. The minimum atomic E-state index is 0.289. The molecule has 2 aromatic carbocycles. The van der Waals surface area contributed by atoms with Gasteiger partial charge < -0.3 is 10.2 Å². The average molecular weight is 212 g/mol. The van der Waals surface area contributed by atoms with Gasteiger partial charge in [0.15, 0.2) is 0 Å². The summed E-state index contributed by atoms with van der Waals surface area (Å²) >= 11 is 0. The van der Waals surface area contributed by atoms with E-state index >= 15 is 0 Å². The Hall–Kier alpha value is -1.96. The van der Waals surface area contributed by atoms with Crippen molar-refractivity contribution >= 4 is 0 Å². The van der Waals surface area contributed by atoms with Crippen molar-refractivity contribution in [1.29, 1.82) is 0 Å². The van der Waals surface area contributed by atoms with Gasteiger partial charge in [-0.25, -0.2) is 0 Å². The fraction of sp³-hybridized carbons (Fsp3) is 0.143. The highest BCUT2D eigenvalue weighted by Gasteiger charge is 2.18. The van der Waals surface area contributed by atoms with Crippen LogP contribution in [0.25, 0.3) is 11.1 Å². The Morgan fingerprint density at radius 1 is 0.875 bits per heavy atom. The Kier molecular flexibility index (Phi) is 1.90. The molecule has 2 N–H and O–H groups in total. The summed E-state index contributed by atoms with van der Waals surface area (Å²) in [6, 6.07) is 11.0. The number of hydrogen-bond donors (Lipinski definition) is 2. The topological polar surface area (TPSA) is 40.5 Å². The summed E-state index contributed by atoms with van der Waals surface area (Å²) in [4.78, 5) is 0. The lowest BCUT2D eigenvalue weighted by atomic mass is 9.85. The van der Waals surface area contributed by atoms with Gasteiger partial charge in [-0.3, -0.25) is 0 Å². The fourth-order valence-corrected chi connectivity index (χ4v) is 2.41. The van der Waals surface area contributed by atoms with Gasteiger partial charge in [-0.1, -0.05) is 18.2 Å².